The summed E-state index contributed by atoms with van der Waals surface area (Å²) in [4.78, 5) is 18.0. The van der Waals surface area contributed by atoms with Crippen molar-refractivity contribution in [1.29, 1.82) is 0 Å². The van der Waals surface area contributed by atoms with E-state index in [4.69, 9.17) is 11.6 Å². The van der Waals surface area contributed by atoms with Crippen LogP contribution < -0.4 is 11.6 Å². The van der Waals surface area contributed by atoms with Crippen LogP contribution in [0.1, 0.15) is 0 Å². The van der Waals surface area contributed by atoms with E-state index in [0.29, 0.717) is 0 Å². The van der Waals surface area contributed by atoms with E-state index in [2.05, 4.69) is 9.82 Å². The third-order valence-corrected chi connectivity index (χ3v) is 1.71. The molecule has 1 aromatic heterocycles. The lowest BCUT2D eigenvalue weighted by molar-refractivity contribution is -0.397. The van der Waals surface area contributed by atoms with Crippen LogP contribution in [0.2, 0.25) is 0 Å². The minimum atomic E-state index is -0.579. The lowest BCUT2D eigenvalue weighted by atomic mass is 10.3. The van der Waals surface area contributed by atoms with Gasteiger partial charge in [0.05, 0.1) is 0 Å². The molecule has 78 valence electrons. The van der Waals surface area contributed by atoms with Gasteiger partial charge in [0.25, 0.3) is 0 Å². The Morgan fingerprint density at radius 1 is 1.79 bits per heavy atom. The van der Waals surface area contributed by atoms with Crippen LogP contribution in [0.3, 0.4) is 0 Å². The molecule has 0 spiro atoms. The minimum absolute atomic E-state index is 0.186. The van der Waals surface area contributed by atoms with Crippen LogP contribution in [0.5, 0.6) is 0 Å². The van der Waals surface area contributed by atoms with Gasteiger partial charge >= 0.3 is 5.95 Å². The summed E-state index contributed by atoms with van der Waals surface area (Å²) in [5, 5.41) is 10.5. The summed E-state index contributed by atoms with van der Waals surface area (Å²) in [6, 6.07) is 0. The van der Waals surface area contributed by atoms with Crippen LogP contribution in [-0.4, -0.2) is 27.1 Å². The molecular formula is C6H11N5O3. The lowest BCUT2D eigenvalue weighted by Crippen LogP contribution is -2.31. The maximum Gasteiger partial charge on any atom is 0.434 e. The van der Waals surface area contributed by atoms with Gasteiger partial charge in [-0.15, -0.1) is 0 Å². The Bertz CT molecular complexity index is 308. The van der Waals surface area contributed by atoms with Crippen LogP contribution in [0.15, 0.2) is 12.4 Å². The van der Waals surface area contributed by atoms with E-state index in [9.17, 15) is 10.1 Å². The van der Waals surface area contributed by atoms with Crippen molar-refractivity contribution >= 4 is 5.95 Å². The average molecular weight is 201 g/mol. The smallest absolute Gasteiger partial charge is 0.390 e. The van der Waals surface area contributed by atoms with Gasteiger partial charge in [0.1, 0.15) is 25.0 Å². The van der Waals surface area contributed by atoms with Crippen LogP contribution in [-0.2, 0) is 11.4 Å². The normalized spacial score (nSPS) is 12.7. The highest BCUT2D eigenvalue weighted by atomic mass is 16.6. The number of rotatable bonds is 5. The molecular weight excluding hydrogens is 190 g/mol. The zero-order valence-corrected chi connectivity index (χ0v) is 7.37. The molecule has 0 aliphatic carbocycles. The first-order valence-corrected chi connectivity index (χ1v) is 3.90. The fraction of sp³-hybridized carbons (Fsp3) is 0.500. The first-order chi connectivity index (χ1) is 6.69. The Morgan fingerprint density at radius 2 is 2.50 bits per heavy atom. The number of nitro groups is 1. The molecule has 0 aliphatic rings. The van der Waals surface area contributed by atoms with E-state index in [1.165, 1.54) is 17.0 Å². The lowest BCUT2D eigenvalue weighted by Gasteiger charge is -2.10. The van der Waals surface area contributed by atoms with E-state index in [1.807, 2.05) is 0 Å². The van der Waals surface area contributed by atoms with Crippen LogP contribution in [0, 0.1) is 10.1 Å². The van der Waals surface area contributed by atoms with E-state index in [0.717, 1.165) is 0 Å². The topological polar surface area (TPSA) is 122 Å². The molecule has 8 nitrogen and oxygen atoms in total. The van der Waals surface area contributed by atoms with Gasteiger partial charge in [0.15, 0.2) is 0 Å². The number of aromatic nitrogens is 2. The maximum atomic E-state index is 10.5. The molecule has 0 saturated carbocycles. The molecule has 0 aliphatic heterocycles. The van der Waals surface area contributed by atoms with Crippen LogP contribution in [0.4, 0.5) is 5.95 Å². The fourth-order valence-electron chi connectivity index (χ4n) is 1.01. The van der Waals surface area contributed by atoms with Crippen molar-refractivity contribution in [3.8, 4) is 0 Å². The Labute approximate surface area is 79.6 Å². The second kappa shape index (κ2) is 4.65. The first-order valence-electron chi connectivity index (χ1n) is 3.90. The van der Waals surface area contributed by atoms with Crippen molar-refractivity contribution in [3.05, 3.63) is 22.5 Å². The van der Waals surface area contributed by atoms with E-state index in [1.54, 1.807) is 0 Å². The number of nitrogens with zero attached hydrogens (tertiary/aromatic N) is 3. The second-order valence-electron chi connectivity index (χ2n) is 2.63. The minimum Gasteiger partial charge on any atom is -0.390 e. The van der Waals surface area contributed by atoms with Crippen molar-refractivity contribution in [1.82, 2.24) is 9.55 Å². The second-order valence-corrected chi connectivity index (χ2v) is 2.63. The summed E-state index contributed by atoms with van der Waals surface area (Å²) >= 11 is 0. The summed E-state index contributed by atoms with van der Waals surface area (Å²) in [7, 11) is 0. The number of hydrogen-bond donors (Lipinski definition) is 2. The summed E-state index contributed by atoms with van der Waals surface area (Å²) in [5.74, 6) is 4.69. The molecule has 14 heavy (non-hydrogen) atoms. The number of imidazole rings is 1. The fourth-order valence-corrected chi connectivity index (χ4v) is 1.01. The van der Waals surface area contributed by atoms with Crippen LogP contribution in [0.25, 0.3) is 0 Å². The Balaban J connectivity index is 2.75. The average Bonchev–Trinajstić information content (AvgIpc) is 2.62. The predicted molar refractivity (Wildman–Crippen MR) is 47.0 cm³/mol. The highest BCUT2D eigenvalue weighted by molar-refractivity contribution is 5.06. The molecule has 1 heterocycles. The first kappa shape index (κ1) is 10.6. The number of hydrogen-bond acceptors (Lipinski definition) is 6. The molecule has 1 atom stereocenters. The Morgan fingerprint density at radius 3 is 3.00 bits per heavy atom. The maximum absolute atomic E-state index is 10.5. The molecule has 0 saturated heterocycles. The zero-order valence-electron chi connectivity index (χ0n) is 7.37. The Kier molecular flexibility index (Phi) is 3.51. The van der Waals surface area contributed by atoms with Gasteiger partial charge in [0, 0.05) is 6.54 Å². The molecule has 0 aromatic carbocycles. The van der Waals surface area contributed by atoms with Gasteiger partial charge in [-0.05, 0) is 4.92 Å². The molecule has 0 fully saturated rings. The van der Waals surface area contributed by atoms with Gasteiger partial charge in [-0.25, -0.2) is 10.5 Å². The van der Waals surface area contributed by atoms with Gasteiger partial charge < -0.3 is 15.8 Å². The summed E-state index contributed by atoms with van der Waals surface area (Å²) < 4.78 is 1.32. The van der Waals surface area contributed by atoms with Gasteiger partial charge in [-0.3, -0.25) is 4.84 Å². The highest BCUT2D eigenvalue weighted by Crippen LogP contribution is 2.08. The van der Waals surface area contributed by atoms with Crippen molar-refractivity contribution in [2.45, 2.75) is 12.6 Å². The monoisotopic (exact) mass is 201 g/mol. The predicted octanol–water partition coefficient (Wildman–Crippen LogP) is -0.991. The van der Waals surface area contributed by atoms with Crippen molar-refractivity contribution in [2.75, 3.05) is 6.54 Å². The number of nitrogens with two attached hydrogens (primary N) is 2. The molecule has 1 rings (SSSR count). The molecule has 0 bridgehead atoms. The van der Waals surface area contributed by atoms with Gasteiger partial charge in [-0.1, -0.05) is 4.98 Å². The van der Waals surface area contributed by atoms with E-state index in [-0.39, 0.29) is 19.0 Å². The SMILES string of the molecule is NC[C@@H](Cn1ccnc1[N+](=O)[O-])ON. The van der Waals surface area contributed by atoms with Crippen molar-refractivity contribution in [3.63, 3.8) is 0 Å². The summed E-state index contributed by atoms with van der Waals surface area (Å²) in [6.45, 7) is 0.398. The van der Waals surface area contributed by atoms with Gasteiger partial charge in [0.2, 0.25) is 0 Å². The van der Waals surface area contributed by atoms with Crippen LogP contribution >= 0.6 is 0 Å². The molecule has 0 radical (unpaired) electrons. The summed E-state index contributed by atoms with van der Waals surface area (Å²) in [6.07, 6.45) is 2.35. The highest BCUT2D eigenvalue weighted by Gasteiger charge is 2.17. The largest absolute Gasteiger partial charge is 0.434 e. The van der Waals surface area contributed by atoms with E-state index >= 15 is 0 Å². The molecule has 1 aromatic rings. The third-order valence-electron chi connectivity index (χ3n) is 1.71. The van der Waals surface area contributed by atoms with E-state index < -0.39 is 11.0 Å². The quantitative estimate of drug-likeness (QED) is 0.465. The van der Waals surface area contributed by atoms with Crippen molar-refractivity contribution in [2.24, 2.45) is 11.6 Å². The molecule has 4 N–H and O–H groups in total. The third kappa shape index (κ3) is 2.25. The Hall–Kier alpha value is -1.51. The van der Waals surface area contributed by atoms with Crippen molar-refractivity contribution < 1.29 is 9.76 Å². The standard InChI is InChI=1S/C6H11N5O3/c7-3-5(14-8)4-10-2-1-9-6(10)11(12)13/h1-2,5H,3-4,7-8H2/t5-/m0/s1. The zero-order chi connectivity index (χ0) is 10.6. The molecule has 8 heteroatoms. The summed E-state index contributed by atoms with van der Waals surface area (Å²) in [5.41, 5.74) is 5.32. The molecule has 0 amide bonds. The van der Waals surface area contributed by atoms with Gasteiger partial charge in [-0.2, -0.15) is 0 Å². The molecule has 0 unspecified atom stereocenters.